The first-order valence-electron chi connectivity index (χ1n) is 8.89. The molecule has 1 heterocycles. The lowest BCUT2D eigenvalue weighted by molar-refractivity contribution is 0.0697. The monoisotopic (exact) mass is 394 g/mol. The van der Waals surface area contributed by atoms with Crippen LogP contribution >= 0.6 is 0 Å². The lowest BCUT2D eigenvalue weighted by Gasteiger charge is -2.12. The summed E-state index contributed by atoms with van der Waals surface area (Å²) in [7, 11) is 3.19. The first-order chi connectivity index (χ1) is 14.0. The number of nitrogens with zero attached hydrogens (tertiary/aromatic N) is 2. The zero-order chi connectivity index (χ0) is 20.8. The van der Waals surface area contributed by atoms with Gasteiger partial charge < -0.3 is 25.2 Å². The number of ether oxygens (including phenoxy) is 2. The Morgan fingerprint density at radius 1 is 1.00 bits per heavy atom. The number of carboxylic acid groups (broad SMARTS) is 1. The van der Waals surface area contributed by atoms with Gasteiger partial charge in [0.15, 0.2) is 11.5 Å². The maximum atomic E-state index is 11.0. The molecule has 1 aromatic heterocycles. The van der Waals surface area contributed by atoms with Crippen molar-refractivity contribution in [2.45, 2.75) is 13.5 Å². The van der Waals surface area contributed by atoms with Crippen molar-refractivity contribution < 1.29 is 19.4 Å². The van der Waals surface area contributed by atoms with E-state index < -0.39 is 5.97 Å². The highest BCUT2D eigenvalue weighted by molar-refractivity contribution is 5.88. The van der Waals surface area contributed by atoms with E-state index in [0.29, 0.717) is 29.8 Å². The molecule has 0 spiro atoms. The average molecular weight is 394 g/mol. The molecule has 150 valence electrons. The minimum Gasteiger partial charge on any atom is -0.493 e. The average Bonchev–Trinajstić information content (AvgIpc) is 2.72. The fourth-order valence-electron chi connectivity index (χ4n) is 2.73. The number of aromatic carboxylic acids is 1. The van der Waals surface area contributed by atoms with Crippen molar-refractivity contribution in [2.75, 3.05) is 24.9 Å². The van der Waals surface area contributed by atoms with Crippen LogP contribution in [0.5, 0.6) is 11.5 Å². The normalized spacial score (nSPS) is 10.3. The van der Waals surface area contributed by atoms with Crippen LogP contribution < -0.4 is 20.1 Å². The Labute approximate surface area is 168 Å². The van der Waals surface area contributed by atoms with Gasteiger partial charge >= 0.3 is 5.97 Å². The van der Waals surface area contributed by atoms with E-state index in [2.05, 4.69) is 20.6 Å². The largest absolute Gasteiger partial charge is 0.493 e. The SMILES string of the molecule is COc1ccc(CNc2nc(C)cc(Nc3ccc(C(=O)O)cc3)n2)cc1OC. The number of hydrogen-bond donors (Lipinski definition) is 3. The van der Waals surface area contributed by atoms with Gasteiger partial charge in [0.05, 0.1) is 19.8 Å². The molecule has 0 aliphatic rings. The van der Waals surface area contributed by atoms with Crippen molar-refractivity contribution in [2.24, 2.45) is 0 Å². The van der Waals surface area contributed by atoms with Gasteiger partial charge in [-0.25, -0.2) is 9.78 Å². The highest BCUT2D eigenvalue weighted by Crippen LogP contribution is 2.27. The summed E-state index contributed by atoms with van der Waals surface area (Å²) < 4.78 is 10.6. The molecule has 8 nitrogen and oxygen atoms in total. The number of carbonyl (C=O) groups is 1. The smallest absolute Gasteiger partial charge is 0.335 e. The summed E-state index contributed by atoms with van der Waals surface area (Å²) in [6, 6.07) is 13.9. The molecule has 3 N–H and O–H groups in total. The number of rotatable bonds is 8. The van der Waals surface area contributed by atoms with E-state index in [0.717, 1.165) is 16.9 Å². The number of carboxylic acids is 1. The predicted molar refractivity (Wildman–Crippen MR) is 110 cm³/mol. The molecule has 2 aromatic carbocycles. The van der Waals surface area contributed by atoms with E-state index >= 15 is 0 Å². The van der Waals surface area contributed by atoms with Crippen molar-refractivity contribution in [1.29, 1.82) is 0 Å². The Kier molecular flexibility index (Phi) is 6.13. The van der Waals surface area contributed by atoms with Gasteiger partial charge in [0.25, 0.3) is 0 Å². The van der Waals surface area contributed by atoms with Crippen LogP contribution in [0.1, 0.15) is 21.6 Å². The van der Waals surface area contributed by atoms with Crippen LogP contribution in [-0.2, 0) is 6.54 Å². The maximum absolute atomic E-state index is 11.0. The van der Waals surface area contributed by atoms with Gasteiger partial charge in [-0.3, -0.25) is 0 Å². The van der Waals surface area contributed by atoms with Crippen molar-refractivity contribution in [3.8, 4) is 11.5 Å². The fraction of sp³-hybridized carbons (Fsp3) is 0.190. The van der Waals surface area contributed by atoms with Crippen molar-refractivity contribution >= 4 is 23.4 Å². The second-order valence-electron chi connectivity index (χ2n) is 6.27. The fourth-order valence-corrected chi connectivity index (χ4v) is 2.73. The standard InChI is InChI=1S/C21H22N4O4/c1-13-10-19(24-16-7-5-15(6-8-16)20(26)27)25-21(23-13)22-12-14-4-9-17(28-2)18(11-14)29-3/h4-11H,12H2,1-3H3,(H,26,27)(H2,22,23,24,25). The topological polar surface area (TPSA) is 106 Å². The Hall–Kier alpha value is -3.81. The highest BCUT2D eigenvalue weighted by atomic mass is 16.5. The summed E-state index contributed by atoms with van der Waals surface area (Å²) in [6.45, 7) is 2.39. The van der Waals surface area contributed by atoms with Gasteiger partial charge in [0.2, 0.25) is 5.95 Å². The van der Waals surface area contributed by atoms with Crippen LogP contribution in [0, 0.1) is 6.92 Å². The predicted octanol–water partition coefficient (Wildman–Crippen LogP) is 3.86. The lowest BCUT2D eigenvalue weighted by Crippen LogP contribution is -2.06. The molecular formula is C21H22N4O4. The quantitative estimate of drug-likeness (QED) is 0.529. The van der Waals surface area contributed by atoms with E-state index in [1.165, 1.54) is 12.1 Å². The number of benzene rings is 2. The van der Waals surface area contributed by atoms with E-state index in [9.17, 15) is 4.79 Å². The number of nitrogens with one attached hydrogen (secondary N) is 2. The Balaban J connectivity index is 1.71. The van der Waals surface area contributed by atoms with Gasteiger partial charge in [-0.1, -0.05) is 6.07 Å². The molecule has 0 bridgehead atoms. The minimum absolute atomic E-state index is 0.228. The molecule has 0 saturated carbocycles. The Morgan fingerprint density at radius 3 is 2.38 bits per heavy atom. The van der Waals surface area contributed by atoms with Gasteiger partial charge in [-0.05, 0) is 48.9 Å². The van der Waals surface area contributed by atoms with Crippen LogP contribution in [0.25, 0.3) is 0 Å². The van der Waals surface area contributed by atoms with E-state index in [-0.39, 0.29) is 5.56 Å². The summed E-state index contributed by atoms with van der Waals surface area (Å²) in [6.07, 6.45) is 0. The van der Waals surface area contributed by atoms with Crippen molar-refractivity contribution in [1.82, 2.24) is 9.97 Å². The number of hydrogen-bond acceptors (Lipinski definition) is 7. The molecule has 0 aliphatic carbocycles. The van der Waals surface area contributed by atoms with Crippen LogP contribution in [0.4, 0.5) is 17.5 Å². The van der Waals surface area contributed by atoms with Crippen LogP contribution in [0.3, 0.4) is 0 Å². The second kappa shape index (κ2) is 8.92. The highest BCUT2D eigenvalue weighted by Gasteiger charge is 2.07. The van der Waals surface area contributed by atoms with Crippen molar-refractivity contribution in [3.05, 3.63) is 65.4 Å². The van der Waals surface area contributed by atoms with E-state index in [1.54, 1.807) is 26.4 Å². The molecule has 0 fully saturated rings. The molecule has 0 atom stereocenters. The molecule has 0 aliphatic heterocycles. The summed E-state index contributed by atoms with van der Waals surface area (Å²) in [4.78, 5) is 19.8. The second-order valence-corrected chi connectivity index (χ2v) is 6.27. The number of aromatic nitrogens is 2. The minimum atomic E-state index is -0.962. The van der Waals surface area contributed by atoms with Crippen LogP contribution in [-0.4, -0.2) is 35.3 Å². The van der Waals surface area contributed by atoms with E-state index in [4.69, 9.17) is 14.6 Å². The third-order valence-electron chi connectivity index (χ3n) is 4.16. The van der Waals surface area contributed by atoms with Gasteiger partial charge in [0.1, 0.15) is 5.82 Å². The van der Waals surface area contributed by atoms with Gasteiger partial charge in [-0.2, -0.15) is 4.98 Å². The summed E-state index contributed by atoms with van der Waals surface area (Å²) in [5.41, 5.74) is 2.75. The molecule has 0 radical (unpaired) electrons. The molecule has 3 aromatic rings. The molecular weight excluding hydrogens is 372 g/mol. The summed E-state index contributed by atoms with van der Waals surface area (Å²) >= 11 is 0. The van der Waals surface area contributed by atoms with Crippen LogP contribution in [0.15, 0.2) is 48.5 Å². The van der Waals surface area contributed by atoms with Crippen molar-refractivity contribution in [3.63, 3.8) is 0 Å². The molecule has 3 rings (SSSR count). The third-order valence-corrected chi connectivity index (χ3v) is 4.16. The number of methoxy groups -OCH3 is 2. The third kappa shape index (κ3) is 5.13. The Morgan fingerprint density at radius 2 is 1.72 bits per heavy atom. The first kappa shape index (κ1) is 19.9. The molecule has 29 heavy (non-hydrogen) atoms. The maximum Gasteiger partial charge on any atom is 0.335 e. The lowest BCUT2D eigenvalue weighted by atomic mass is 10.2. The van der Waals surface area contributed by atoms with Gasteiger partial charge in [-0.15, -0.1) is 0 Å². The molecule has 0 saturated heterocycles. The zero-order valence-corrected chi connectivity index (χ0v) is 16.4. The molecule has 0 amide bonds. The number of anilines is 3. The summed E-state index contributed by atoms with van der Waals surface area (Å²) in [5, 5.41) is 15.4. The number of aryl methyl sites for hydroxylation is 1. The van der Waals surface area contributed by atoms with E-state index in [1.807, 2.05) is 31.2 Å². The van der Waals surface area contributed by atoms with Gasteiger partial charge in [0, 0.05) is 24.0 Å². The summed E-state index contributed by atoms with van der Waals surface area (Å²) in [5.74, 6) is 1.45. The molecule has 0 unspecified atom stereocenters. The van der Waals surface area contributed by atoms with Crippen LogP contribution in [0.2, 0.25) is 0 Å². The molecule has 8 heteroatoms. The Bertz CT molecular complexity index is 1010. The zero-order valence-electron chi connectivity index (χ0n) is 16.4. The first-order valence-corrected chi connectivity index (χ1v) is 8.89.